The largest absolute Gasteiger partial charge is 0.460 e. The number of ether oxygens (including phenoxy) is 1. The Balaban J connectivity index is 2.78. The molecule has 0 aliphatic heterocycles. The second-order valence-electron chi connectivity index (χ2n) is 5.17. The predicted molar refractivity (Wildman–Crippen MR) is 65.4 cm³/mol. The minimum absolute atomic E-state index is 0.168. The Morgan fingerprint density at radius 3 is 2.44 bits per heavy atom. The topological polar surface area (TPSA) is 26.3 Å². The fraction of sp³-hybridized carbons (Fsp3) is 0.500. The Kier molecular flexibility index (Phi) is 3.74. The molecule has 1 unspecified atom stereocenters. The van der Waals surface area contributed by atoms with Crippen LogP contribution >= 0.6 is 0 Å². The lowest BCUT2D eigenvalue weighted by Crippen LogP contribution is -2.26. The normalized spacial score (nSPS) is 13.3. The molecule has 1 atom stereocenters. The van der Waals surface area contributed by atoms with Crippen LogP contribution in [0.3, 0.4) is 0 Å². The molecule has 0 spiro atoms. The van der Waals surface area contributed by atoms with Gasteiger partial charge in [-0.1, -0.05) is 29.8 Å². The first-order chi connectivity index (χ1) is 7.29. The molecule has 0 heterocycles. The molecule has 2 nitrogen and oxygen atoms in total. The van der Waals surface area contributed by atoms with E-state index in [9.17, 15) is 4.79 Å². The van der Waals surface area contributed by atoms with Crippen LogP contribution in [0.5, 0.6) is 0 Å². The van der Waals surface area contributed by atoms with Gasteiger partial charge in [0.05, 0.1) is 5.92 Å². The highest BCUT2D eigenvalue weighted by molar-refractivity contribution is 5.78. The van der Waals surface area contributed by atoms with Gasteiger partial charge in [0, 0.05) is 0 Å². The van der Waals surface area contributed by atoms with E-state index in [1.54, 1.807) is 0 Å². The van der Waals surface area contributed by atoms with Gasteiger partial charge in [0.2, 0.25) is 0 Å². The van der Waals surface area contributed by atoms with E-state index in [0.29, 0.717) is 0 Å². The first kappa shape index (κ1) is 12.8. The second kappa shape index (κ2) is 4.69. The van der Waals surface area contributed by atoms with Crippen LogP contribution in [0.2, 0.25) is 0 Å². The van der Waals surface area contributed by atoms with Crippen molar-refractivity contribution in [1.29, 1.82) is 0 Å². The third-order valence-electron chi connectivity index (χ3n) is 2.30. The zero-order valence-electron chi connectivity index (χ0n) is 10.7. The maximum Gasteiger partial charge on any atom is 0.313 e. The summed E-state index contributed by atoms with van der Waals surface area (Å²) in [6, 6.07) is 7.97. The smallest absolute Gasteiger partial charge is 0.313 e. The molecule has 0 radical (unpaired) electrons. The Morgan fingerprint density at radius 2 is 1.94 bits per heavy atom. The SMILES string of the molecule is Cc1cccc(C(C)C(=O)OC(C)(C)C)c1. The Morgan fingerprint density at radius 1 is 1.31 bits per heavy atom. The first-order valence-electron chi connectivity index (χ1n) is 5.59. The van der Waals surface area contributed by atoms with Crippen molar-refractivity contribution < 1.29 is 9.53 Å². The maximum atomic E-state index is 11.8. The first-order valence-corrected chi connectivity index (χ1v) is 5.59. The van der Waals surface area contributed by atoms with Crippen LogP contribution < -0.4 is 0 Å². The summed E-state index contributed by atoms with van der Waals surface area (Å²) in [6.07, 6.45) is 0. The van der Waals surface area contributed by atoms with E-state index in [-0.39, 0.29) is 11.9 Å². The van der Waals surface area contributed by atoms with E-state index in [0.717, 1.165) is 11.1 Å². The summed E-state index contributed by atoms with van der Waals surface area (Å²) < 4.78 is 5.35. The van der Waals surface area contributed by atoms with Crippen molar-refractivity contribution in [3.05, 3.63) is 35.4 Å². The van der Waals surface area contributed by atoms with Gasteiger partial charge in [-0.3, -0.25) is 4.79 Å². The summed E-state index contributed by atoms with van der Waals surface area (Å²) >= 11 is 0. The molecule has 88 valence electrons. The van der Waals surface area contributed by atoms with Crippen LogP contribution in [0.1, 0.15) is 44.7 Å². The number of benzene rings is 1. The fourth-order valence-corrected chi connectivity index (χ4v) is 1.47. The Labute approximate surface area is 97.6 Å². The lowest BCUT2D eigenvalue weighted by molar-refractivity contribution is -0.156. The van der Waals surface area contributed by atoms with Crippen molar-refractivity contribution in [3.63, 3.8) is 0 Å². The summed E-state index contributed by atoms with van der Waals surface area (Å²) in [5.41, 5.74) is 1.75. The summed E-state index contributed by atoms with van der Waals surface area (Å²) in [4.78, 5) is 11.8. The highest BCUT2D eigenvalue weighted by atomic mass is 16.6. The van der Waals surface area contributed by atoms with Crippen LogP contribution in [0, 0.1) is 6.92 Å². The number of carbonyl (C=O) groups excluding carboxylic acids is 1. The van der Waals surface area contributed by atoms with Crippen molar-refractivity contribution in [2.24, 2.45) is 0 Å². The van der Waals surface area contributed by atoms with Crippen LogP contribution in [0.25, 0.3) is 0 Å². The van der Waals surface area contributed by atoms with Gasteiger partial charge in [-0.15, -0.1) is 0 Å². The van der Waals surface area contributed by atoms with Gasteiger partial charge in [0.1, 0.15) is 5.60 Å². The van der Waals surface area contributed by atoms with Crippen molar-refractivity contribution in [2.75, 3.05) is 0 Å². The van der Waals surface area contributed by atoms with Crippen LogP contribution in [-0.4, -0.2) is 11.6 Å². The van der Waals surface area contributed by atoms with E-state index in [4.69, 9.17) is 4.74 Å². The average Bonchev–Trinajstić information content (AvgIpc) is 2.14. The molecular formula is C14H20O2. The molecule has 0 fully saturated rings. The molecule has 0 aliphatic rings. The molecule has 0 saturated heterocycles. The number of hydrogen-bond donors (Lipinski definition) is 0. The summed E-state index contributed by atoms with van der Waals surface area (Å²) in [6.45, 7) is 9.55. The molecule has 1 aromatic carbocycles. The van der Waals surface area contributed by atoms with Crippen molar-refractivity contribution in [1.82, 2.24) is 0 Å². The molecule has 0 saturated carbocycles. The molecular weight excluding hydrogens is 200 g/mol. The van der Waals surface area contributed by atoms with Crippen LogP contribution in [0.4, 0.5) is 0 Å². The zero-order valence-corrected chi connectivity index (χ0v) is 10.7. The highest BCUT2D eigenvalue weighted by Crippen LogP contribution is 2.20. The third kappa shape index (κ3) is 3.69. The number of esters is 1. The van der Waals surface area contributed by atoms with Gasteiger partial charge in [-0.25, -0.2) is 0 Å². The number of hydrogen-bond acceptors (Lipinski definition) is 2. The molecule has 0 N–H and O–H groups in total. The van der Waals surface area contributed by atoms with Gasteiger partial charge in [-0.2, -0.15) is 0 Å². The lowest BCUT2D eigenvalue weighted by Gasteiger charge is -2.22. The molecule has 0 aliphatic carbocycles. The van der Waals surface area contributed by atoms with E-state index in [1.165, 1.54) is 0 Å². The quantitative estimate of drug-likeness (QED) is 0.714. The maximum absolute atomic E-state index is 11.8. The average molecular weight is 220 g/mol. The zero-order chi connectivity index (χ0) is 12.3. The van der Waals surface area contributed by atoms with Gasteiger partial charge < -0.3 is 4.74 Å². The molecule has 0 bridgehead atoms. The summed E-state index contributed by atoms with van der Waals surface area (Å²) in [5.74, 6) is -0.378. The predicted octanol–water partition coefficient (Wildman–Crippen LogP) is 3.44. The van der Waals surface area contributed by atoms with Gasteiger partial charge in [0.25, 0.3) is 0 Å². The van der Waals surface area contributed by atoms with E-state index in [2.05, 4.69) is 0 Å². The van der Waals surface area contributed by atoms with Gasteiger partial charge >= 0.3 is 5.97 Å². The molecule has 0 amide bonds. The number of aryl methyl sites for hydroxylation is 1. The standard InChI is InChI=1S/C14H20O2/c1-10-7-6-8-12(9-10)11(2)13(15)16-14(3,4)5/h6-9,11H,1-5H3. The van der Waals surface area contributed by atoms with Crippen molar-refractivity contribution >= 4 is 5.97 Å². The molecule has 2 heteroatoms. The molecule has 1 aromatic rings. The minimum atomic E-state index is -0.421. The van der Waals surface area contributed by atoms with Crippen molar-refractivity contribution in [3.8, 4) is 0 Å². The minimum Gasteiger partial charge on any atom is -0.460 e. The Bertz CT molecular complexity index is 375. The number of carbonyl (C=O) groups is 1. The van der Waals surface area contributed by atoms with E-state index >= 15 is 0 Å². The monoisotopic (exact) mass is 220 g/mol. The van der Waals surface area contributed by atoms with Crippen molar-refractivity contribution in [2.45, 2.75) is 46.1 Å². The van der Waals surface area contributed by atoms with Crippen LogP contribution in [0.15, 0.2) is 24.3 Å². The second-order valence-corrected chi connectivity index (χ2v) is 5.17. The van der Waals surface area contributed by atoms with E-state index < -0.39 is 5.60 Å². The van der Waals surface area contributed by atoms with Gasteiger partial charge in [0.15, 0.2) is 0 Å². The summed E-state index contributed by atoms with van der Waals surface area (Å²) in [5, 5.41) is 0. The van der Waals surface area contributed by atoms with Gasteiger partial charge in [-0.05, 0) is 40.2 Å². The number of rotatable bonds is 2. The van der Waals surface area contributed by atoms with E-state index in [1.807, 2.05) is 58.9 Å². The lowest BCUT2D eigenvalue weighted by atomic mass is 9.99. The van der Waals surface area contributed by atoms with Crippen LogP contribution in [-0.2, 0) is 9.53 Å². The highest BCUT2D eigenvalue weighted by Gasteiger charge is 2.22. The molecule has 1 rings (SSSR count). The summed E-state index contributed by atoms with van der Waals surface area (Å²) in [7, 11) is 0. The third-order valence-corrected chi connectivity index (χ3v) is 2.30. The molecule has 16 heavy (non-hydrogen) atoms. The molecule has 0 aromatic heterocycles. The fourth-order valence-electron chi connectivity index (χ4n) is 1.47. The Hall–Kier alpha value is -1.31.